The molecule has 1 N–H and O–H groups in total. The molecular formula is C22H21NO4. The van der Waals surface area contributed by atoms with Gasteiger partial charge in [0.25, 0.3) is 0 Å². The highest BCUT2D eigenvalue weighted by Gasteiger charge is 2.28. The second-order valence-electron chi connectivity index (χ2n) is 6.45. The SMILES string of the molecule is O=c1ccoc(C2CNCC(c3ccccc3OCc3ccccc3)O2)c1. The quantitative estimate of drug-likeness (QED) is 0.750. The van der Waals surface area contributed by atoms with E-state index in [2.05, 4.69) is 5.32 Å². The lowest BCUT2D eigenvalue weighted by atomic mass is 10.1. The second-order valence-corrected chi connectivity index (χ2v) is 6.45. The average molecular weight is 363 g/mol. The molecule has 0 saturated carbocycles. The molecule has 1 fully saturated rings. The number of morpholine rings is 1. The van der Waals surface area contributed by atoms with E-state index in [1.165, 1.54) is 18.4 Å². The molecule has 2 atom stereocenters. The van der Waals surface area contributed by atoms with Gasteiger partial charge in [0.1, 0.15) is 24.2 Å². The van der Waals surface area contributed by atoms with Gasteiger partial charge in [-0.1, -0.05) is 48.5 Å². The van der Waals surface area contributed by atoms with E-state index in [4.69, 9.17) is 13.9 Å². The van der Waals surface area contributed by atoms with E-state index in [0.29, 0.717) is 25.5 Å². The summed E-state index contributed by atoms with van der Waals surface area (Å²) in [7, 11) is 0. The van der Waals surface area contributed by atoms with Gasteiger partial charge in [-0.3, -0.25) is 4.79 Å². The van der Waals surface area contributed by atoms with E-state index < -0.39 is 0 Å². The number of benzene rings is 2. The van der Waals surface area contributed by atoms with Gasteiger partial charge < -0.3 is 19.2 Å². The minimum Gasteiger partial charge on any atom is -0.489 e. The van der Waals surface area contributed by atoms with Crippen LogP contribution in [0.25, 0.3) is 0 Å². The minimum absolute atomic E-state index is 0.0893. The lowest BCUT2D eigenvalue weighted by Crippen LogP contribution is -2.36. The predicted octanol–water partition coefficient (Wildman–Crippen LogP) is 3.62. The first-order chi connectivity index (χ1) is 13.3. The van der Waals surface area contributed by atoms with Gasteiger partial charge in [-0.2, -0.15) is 0 Å². The maximum Gasteiger partial charge on any atom is 0.185 e. The molecule has 1 aliphatic rings. The maximum absolute atomic E-state index is 11.6. The van der Waals surface area contributed by atoms with Crippen molar-refractivity contribution in [2.45, 2.75) is 18.8 Å². The normalized spacial score (nSPS) is 19.6. The van der Waals surface area contributed by atoms with Gasteiger partial charge in [0.15, 0.2) is 5.43 Å². The Hall–Kier alpha value is -2.89. The van der Waals surface area contributed by atoms with E-state index in [1.54, 1.807) is 0 Å². The Balaban J connectivity index is 1.51. The Morgan fingerprint density at radius 1 is 0.963 bits per heavy atom. The average Bonchev–Trinajstić information content (AvgIpc) is 2.73. The zero-order valence-corrected chi connectivity index (χ0v) is 14.8. The lowest BCUT2D eigenvalue weighted by Gasteiger charge is -2.31. The van der Waals surface area contributed by atoms with Crippen molar-refractivity contribution in [1.82, 2.24) is 5.32 Å². The number of para-hydroxylation sites is 1. The van der Waals surface area contributed by atoms with Gasteiger partial charge >= 0.3 is 0 Å². The molecule has 27 heavy (non-hydrogen) atoms. The van der Waals surface area contributed by atoms with Crippen molar-refractivity contribution in [2.75, 3.05) is 13.1 Å². The standard InChI is InChI=1S/C22H21NO4/c24-17-10-11-25-20(12-17)22-14-23-13-21(27-22)18-8-4-5-9-19(18)26-15-16-6-2-1-3-7-16/h1-12,21-23H,13-15H2. The van der Waals surface area contributed by atoms with Crippen molar-refractivity contribution in [3.8, 4) is 5.75 Å². The molecular weight excluding hydrogens is 342 g/mol. The van der Waals surface area contributed by atoms with Crippen LogP contribution in [0.15, 0.2) is 82.2 Å². The van der Waals surface area contributed by atoms with E-state index >= 15 is 0 Å². The highest BCUT2D eigenvalue weighted by Crippen LogP contribution is 2.34. The first-order valence-corrected chi connectivity index (χ1v) is 9.00. The van der Waals surface area contributed by atoms with E-state index in [1.807, 2.05) is 54.6 Å². The van der Waals surface area contributed by atoms with Crippen LogP contribution in [0.4, 0.5) is 0 Å². The van der Waals surface area contributed by atoms with Crippen molar-refractivity contribution in [3.63, 3.8) is 0 Å². The molecule has 4 rings (SSSR count). The Morgan fingerprint density at radius 2 is 1.74 bits per heavy atom. The van der Waals surface area contributed by atoms with E-state index in [-0.39, 0.29) is 17.6 Å². The zero-order valence-electron chi connectivity index (χ0n) is 14.8. The smallest absolute Gasteiger partial charge is 0.185 e. The number of hydrogen-bond donors (Lipinski definition) is 1. The van der Waals surface area contributed by atoms with Crippen LogP contribution in [0, 0.1) is 0 Å². The monoisotopic (exact) mass is 363 g/mol. The first-order valence-electron chi connectivity index (χ1n) is 9.00. The van der Waals surface area contributed by atoms with Crippen molar-refractivity contribution >= 4 is 0 Å². The molecule has 0 aliphatic carbocycles. The summed E-state index contributed by atoms with van der Waals surface area (Å²) in [5.74, 6) is 1.32. The second kappa shape index (κ2) is 8.20. The van der Waals surface area contributed by atoms with Crippen molar-refractivity contribution in [2.24, 2.45) is 0 Å². The summed E-state index contributed by atoms with van der Waals surface area (Å²) < 4.78 is 17.8. The van der Waals surface area contributed by atoms with Crippen LogP contribution < -0.4 is 15.5 Å². The molecule has 2 heterocycles. The van der Waals surface area contributed by atoms with Crippen LogP contribution >= 0.6 is 0 Å². The number of nitrogens with one attached hydrogen (secondary N) is 1. The number of rotatable bonds is 5. The van der Waals surface area contributed by atoms with Crippen LogP contribution in [0.1, 0.15) is 29.1 Å². The molecule has 3 aromatic rings. The molecule has 1 aromatic heterocycles. The summed E-state index contributed by atoms with van der Waals surface area (Å²) in [5.41, 5.74) is 2.00. The molecule has 2 aromatic carbocycles. The lowest BCUT2D eigenvalue weighted by molar-refractivity contribution is -0.0521. The van der Waals surface area contributed by atoms with Crippen LogP contribution in [0.5, 0.6) is 5.75 Å². The topological polar surface area (TPSA) is 60.7 Å². The fourth-order valence-corrected chi connectivity index (χ4v) is 3.18. The van der Waals surface area contributed by atoms with Crippen LogP contribution in [0.3, 0.4) is 0 Å². The summed E-state index contributed by atoms with van der Waals surface area (Å²) in [5, 5.41) is 3.36. The molecule has 0 bridgehead atoms. The van der Waals surface area contributed by atoms with Gasteiger partial charge in [0.2, 0.25) is 0 Å². The van der Waals surface area contributed by atoms with Gasteiger partial charge in [0.05, 0.1) is 12.4 Å². The molecule has 2 unspecified atom stereocenters. The van der Waals surface area contributed by atoms with Crippen molar-refractivity contribution in [3.05, 3.63) is 100 Å². The van der Waals surface area contributed by atoms with Crippen LogP contribution in [-0.2, 0) is 11.3 Å². The highest BCUT2D eigenvalue weighted by molar-refractivity contribution is 5.36. The molecule has 0 amide bonds. The third-order valence-corrected chi connectivity index (χ3v) is 4.53. The predicted molar refractivity (Wildman–Crippen MR) is 102 cm³/mol. The number of ether oxygens (including phenoxy) is 2. The fraction of sp³-hybridized carbons (Fsp3) is 0.227. The summed E-state index contributed by atoms with van der Waals surface area (Å²) in [6.45, 7) is 1.75. The Labute approximate surface area is 157 Å². The summed E-state index contributed by atoms with van der Waals surface area (Å²) >= 11 is 0. The molecule has 5 heteroatoms. The van der Waals surface area contributed by atoms with E-state index in [9.17, 15) is 4.79 Å². The molecule has 5 nitrogen and oxygen atoms in total. The first kappa shape index (κ1) is 17.5. The van der Waals surface area contributed by atoms with Gasteiger partial charge in [-0.25, -0.2) is 0 Å². The third kappa shape index (κ3) is 4.27. The highest BCUT2D eigenvalue weighted by atomic mass is 16.5. The summed E-state index contributed by atoms with van der Waals surface area (Å²) in [6.07, 6.45) is 0.891. The largest absolute Gasteiger partial charge is 0.489 e. The zero-order chi connectivity index (χ0) is 18.5. The fourth-order valence-electron chi connectivity index (χ4n) is 3.18. The van der Waals surface area contributed by atoms with Gasteiger partial charge in [-0.15, -0.1) is 0 Å². The molecule has 0 spiro atoms. The number of hydrogen-bond acceptors (Lipinski definition) is 5. The Morgan fingerprint density at radius 3 is 2.59 bits per heavy atom. The summed E-state index contributed by atoms with van der Waals surface area (Å²) in [6, 6.07) is 20.8. The third-order valence-electron chi connectivity index (χ3n) is 4.53. The van der Waals surface area contributed by atoms with Crippen molar-refractivity contribution in [1.29, 1.82) is 0 Å². The molecule has 138 valence electrons. The maximum atomic E-state index is 11.6. The Bertz CT molecular complexity index is 938. The van der Waals surface area contributed by atoms with Gasteiger partial charge in [0, 0.05) is 30.8 Å². The summed E-state index contributed by atoms with van der Waals surface area (Å²) in [4.78, 5) is 11.6. The van der Waals surface area contributed by atoms with Crippen LogP contribution in [-0.4, -0.2) is 13.1 Å². The Kier molecular flexibility index (Phi) is 5.32. The molecule has 1 aliphatic heterocycles. The van der Waals surface area contributed by atoms with Gasteiger partial charge in [-0.05, 0) is 11.6 Å². The molecule has 0 radical (unpaired) electrons. The molecule has 1 saturated heterocycles. The minimum atomic E-state index is -0.320. The van der Waals surface area contributed by atoms with Crippen LogP contribution in [0.2, 0.25) is 0 Å². The van der Waals surface area contributed by atoms with E-state index in [0.717, 1.165) is 16.9 Å². The van der Waals surface area contributed by atoms with Crippen molar-refractivity contribution < 1.29 is 13.9 Å².